The first kappa shape index (κ1) is 27.1. The highest BCUT2D eigenvalue weighted by Gasteiger charge is 2.20. The monoisotopic (exact) mass is 504 g/mol. The Kier molecular flexibility index (Phi) is 10.3. The van der Waals surface area contributed by atoms with E-state index in [0.29, 0.717) is 39.4 Å². The average Bonchev–Trinajstić information content (AvgIpc) is 2.77. The molecule has 0 spiro atoms. The molecular formula is C24H30Cl2N6O2. The van der Waals surface area contributed by atoms with Crippen molar-refractivity contribution in [3.05, 3.63) is 64.3 Å². The second-order valence-electron chi connectivity index (χ2n) is 7.86. The molecule has 0 radical (unpaired) electrons. The van der Waals surface area contributed by atoms with Gasteiger partial charge in [-0.3, -0.25) is 4.79 Å². The van der Waals surface area contributed by atoms with Gasteiger partial charge in [0.05, 0.1) is 29.0 Å². The number of benzene rings is 1. The topological polar surface area (TPSA) is 91.2 Å². The van der Waals surface area contributed by atoms with Crippen LogP contribution in [0.25, 0.3) is 0 Å². The minimum atomic E-state index is -0.206. The Morgan fingerprint density at radius 1 is 1.32 bits per heavy atom. The maximum Gasteiger partial charge on any atom is 0.253 e. The van der Waals surface area contributed by atoms with Gasteiger partial charge in [0.15, 0.2) is 5.82 Å². The van der Waals surface area contributed by atoms with Crippen molar-refractivity contribution in [3.8, 4) is 0 Å². The Labute approximate surface area is 210 Å². The summed E-state index contributed by atoms with van der Waals surface area (Å²) in [7, 11) is 1.44. The lowest BCUT2D eigenvalue weighted by atomic mass is 10.1. The van der Waals surface area contributed by atoms with Crippen LogP contribution in [0.2, 0.25) is 10.0 Å². The molecule has 0 saturated carbocycles. The molecule has 0 aliphatic rings. The summed E-state index contributed by atoms with van der Waals surface area (Å²) in [6, 6.07) is 6.75. The lowest BCUT2D eigenvalue weighted by Gasteiger charge is -2.26. The minimum absolute atomic E-state index is 0.0146. The molecule has 2 aromatic rings. The largest absolute Gasteiger partial charge is 0.399 e. The number of allylic oxidation sites excluding steroid dienone is 1. The molecule has 182 valence electrons. The SMILES string of the molecule is C=CC(/C=N/OC)=N\N(CC(C)Nc1c(C)cc(Cl)cc1C(=O)NC(C)C)c1ncccc1Cl. The van der Waals surface area contributed by atoms with Gasteiger partial charge in [-0.15, -0.1) is 0 Å². The molecule has 0 aliphatic carbocycles. The highest BCUT2D eigenvalue weighted by molar-refractivity contribution is 6.36. The maximum atomic E-state index is 12.8. The molecule has 1 atom stereocenters. The number of aromatic nitrogens is 1. The Morgan fingerprint density at radius 2 is 2.06 bits per heavy atom. The Balaban J connectivity index is 2.40. The number of pyridine rings is 1. The van der Waals surface area contributed by atoms with Crippen molar-refractivity contribution in [2.75, 3.05) is 24.0 Å². The summed E-state index contributed by atoms with van der Waals surface area (Å²) in [6.07, 6.45) is 4.62. The molecule has 1 aromatic heterocycles. The molecule has 1 aromatic carbocycles. The lowest BCUT2D eigenvalue weighted by Crippen LogP contribution is -2.35. The number of anilines is 2. The van der Waals surface area contributed by atoms with E-state index >= 15 is 0 Å². The van der Waals surface area contributed by atoms with E-state index in [2.05, 4.69) is 32.5 Å². The number of halogens is 2. The summed E-state index contributed by atoms with van der Waals surface area (Å²) >= 11 is 12.7. The molecule has 2 N–H and O–H groups in total. The standard InChI is InChI=1S/C24H30Cl2N6O2/c1-7-19(13-28-34-6)31-32(23-21(26)9-8-10-27-23)14-17(5)30-22-16(4)11-18(25)12-20(22)24(33)29-15(2)3/h7-13,15,17,30H,1,14H2,2-6H3,(H,29,33)/b28-13+,31-19+. The Bertz CT molecular complexity index is 1070. The van der Waals surface area contributed by atoms with Gasteiger partial charge in [-0.05, 0) is 63.6 Å². The van der Waals surface area contributed by atoms with Crippen molar-refractivity contribution in [1.29, 1.82) is 0 Å². The molecule has 1 unspecified atom stereocenters. The molecular weight excluding hydrogens is 475 g/mol. The number of aryl methyl sites for hydroxylation is 1. The van der Waals surface area contributed by atoms with Gasteiger partial charge in [-0.2, -0.15) is 5.10 Å². The molecule has 0 bridgehead atoms. The van der Waals surface area contributed by atoms with Crippen molar-refractivity contribution in [2.24, 2.45) is 10.3 Å². The lowest BCUT2D eigenvalue weighted by molar-refractivity contribution is 0.0944. The first-order chi connectivity index (χ1) is 16.2. The smallest absolute Gasteiger partial charge is 0.253 e. The van der Waals surface area contributed by atoms with E-state index in [1.807, 2.05) is 33.8 Å². The van der Waals surface area contributed by atoms with Crippen LogP contribution in [0.5, 0.6) is 0 Å². The summed E-state index contributed by atoms with van der Waals surface area (Å²) in [5, 5.41) is 17.3. The van der Waals surface area contributed by atoms with Crippen LogP contribution in [0.1, 0.15) is 36.7 Å². The van der Waals surface area contributed by atoms with Crippen molar-refractivity contribution >= 4 is 52.5 Å². The first-order valence-corrected chi connectivity index (χ1v) is 11.4. The third-order valence-electron chi connectivity index (χ3n) is 4.52. The predicted molar refractivity (Wildman–Crippen MR) is 142 cm³/mol. The van der Waals surface area contributed by atoms with Crippen LogP contribution in [-0.2, 0) is 4.84 Å². The van der Waals surface area contributed by atoms with Crippen molar-refractivity contribution in [2.45, 2.75) is 39.8 Å². The first-order valence-electron chi connectivity index (χ1n) is 10.7. The summed E-state index contributed by atoms with van der Waals surface area (Å²) in [4.78, 5) is 22.0. The second kappa shape index (κ2) is 13.0. The van der Waals surface area contributed by atoms with Gasteiger partial charge in [-0.1, -0.05) is 34.9 Å². The number of nitrogens with zero attached hydrogens (tertiary/aromatic N) is 4. The minimum Gasteiger partial charge on any atom is -0.399 e. The number of oxime groups is 1. The molecule has 8 nitrogen and oxygen atoms in total. The highest BCUT2D eigenvalue weighted by Crippen LogP contribution is 2.28. The number of carbonyl (C=O) groups is 1. The number of carbonyl (C=O) groups excluding carboxylic acids is 1. The van der Waals surface area contributed by atoms with E-state index in [0.717, 1.165) is 5.56 Å². The second-order valence-corrected chi connectivity index (χ2v) is 8.70. The molecule has 1 heterocycles. The molecule has 10 heteroatoms. The van der Waals surface area contributed by atoms with Crippen LogP contribution in [-0.4, -0.2) is 48.6 Å². The fourth-order valence-corrected chi connectivity index (χ4v) is 3.60. The van der Waals surface area contributed by atoms with Crippen LogP contribution < -0.4 is 15.6 Å². The summed E-state index contributed by atoms with van der Waals surface area (Å²) < 4.78 is 0. The number of hydrogen-bond acceptors (Lipinski definition) is 7. The van der Waals surface area contributed by atoms with Crippen LogP contribution in [0, 0.1) is 6.92 Å². The van der Waals surface area contributed by atoms with Crippen LogP contribution in [0.3, 0.4) is 0 Å². The van der Waals surface area contributed by atoms with Gasteiger partial charge >= 0.3 is 0 Å². The third-order valence-corrected chi connectivity index (χ3v) is 5.03. The van der Waals surface area contributed by atoms with Gasteiger partial charge in [0.2, 0.25) is 0 Å². The van der Waals surface area contributed by atoms with E-state index in [9.17, 15) is 4.79 Å². The summed E-state index contributed by atoms with van der Waals surface area (Å²) in [5.41, 5.74) is 2.46. The summed E-state index contributed by atoms with van der Waals surface area (Å²) in [5.74, 6) is 0.260. The average molecular weight is 505 g/mol. The number of amides is 1. The summed E-state index contributed by atoms with van der Waals surface area (Å²) in [6.45, 7) is 11.8. The number of hydrazone groups is 1. The van der Waals surface area contributed by atoms with Gasteiger partial charge in [0.25, 0.3) is 5.91 Å². The van der Waals surface area contributed by atoms with E-state index in [1.165, 1.54) is 13.3 Å². The Morgan fingerprint density at radius 3 is 2.68 bits per heavy atom. The normalized spacial score (nSPS) is 12.5. The molecule has 34 heavy (non-hydrogen) atoms. The van der Waals surface area contributed by atoms with Crippen molar-refractivity contribution < 1.29 is 9.63 Å². The maximum absolute atomic E-state index is 12.8. The van der Waals surface area contributed by atoms with Crippen LogP contribution in [0.4, 0.5) is 11.5 Å². The highest BCUT2D eigenvalue weighted by atomic mass is 35.5. The zero-order chi connectivity index (χ0) is 25.3. The van der Waals surface area contributed by atoms with E-state index in [-0.39, 0.29) is 18.0 Å². The molecule has 0 saturated heterocycles. The molecule has 0 fully saturated rings. The molecule has 2 rings (SSSR count). The van der Waals surface area contributed by atoms with Gasteiger partial charge < -0.3 is 15.5 Å². The van der Waals surface area contributed by atoms with E-state index in [4.69, 9.17) is 28.0 Å². The number of rotatable bonds is 11. The van der Waals surface area contributed by atoms with E-state index < -0.39 is 0 Å². The Hall–Kier alpha value is -3.10. The molecule has 0 aliphatic heterocycles. The zero-order valence-electron chi connectivity index (χ0n) is 20.0. The van der Waals surface area contributed by atoms with Crippen LogP contribution in [0.15, 0.2) is 53.4 Å². The van der Waals surface area contributed by atoms with E-state index in [1.54, 1.807) is 35.5 Å². The molecule has 1 amide bonds. The number of nitrogens with one attached hydrogen (secondary N) is 2. The quantitative estimate of drug-likeness (QED) is 0.319. The van der Waals surface area contributed by atoms with Crippen LogP contribution >= 0.6 is 23.2 Å². The van der Waals surface area contributed by atoms with Crippen molar-refractivity contribution in [3.63, 3.8) is 0 Å². The number of hydrogen-bond donors (Lipinski definition) is 2. The van der Waals surface area contributed by atoms with Gasteiger partial charge in [0, 0.05) is 23.3 Å². The fourth-order valence-electron chi connectivity index (χ4n) is 3.11. The van der Waals surface area contributed by atoms with Gasteiger partial charge in [-0.25, -0.2) is 9.99 Å². The zero-order valence-corrected chi connectivity index (χ0v) is 21.5. The van der Waals surface area contributed by atoms with Gasteiger partial charge in [0.1, 0.15) is 12.8 Å². The fraction of sp³-hybridized carbons (Fsp3) is 0.333. The van der Waals surface area contributed by atoms with Crippen molar-refractivity contribution in [1.82, 2.24) is 10.3 Å². The predicted octanol–water partition coefficient (Wildman–Crippen LogP) is 5.32. The third kappa shape index (κ3) is 7.74.